The Kier molecular flexibility index (Phi) is 1.24. The van der Waals surface area contributed by atoms with E-state index in [1.807, 2.05) is 0 Å². The van der Waals surface area contributed by atoms with E-state index in [9.17, 15) is 9.59 Å². The molecule has 0 aromatic carbocycles. The lowest BCUT2D eigenvalue weighted by Crippen LogP contribution is -2.61. The van der Waals surface area contributed by atoms with Gasteiger partial charge in [0.15, 0.2) is 0 Å². The van der Waals surface area contributed by atoms with Gasteiger partial charge in [-0.2, -0.15) is 0 Å². The maximum atomic E-state index is 11.1. The maximum absolute atomic E-state index is 11.1. The Morgan fingerprint density at radius 2 is 2.18 bits per heavy atom. The number of hydrogen-bond donors (Lipinski definition) is 2. The van der Waals surface area contributed by atoms with E-state index in [0.29, 0.717) is 6.54 Å². The monoisotopic (exact) mass is 155 g/mol. The van der Waals surface area contributed by atoms with E-state index in [-0.39, 0.29) is 18.0 Å². The predicted octanol–water partition coefficient (Wildman–Crippen LogP) is -0.795. The molecule has 2 rings (SSSR count). The number of urea groups is 1. The van der Waals surface area contributed by atoms with E-state index in [4.69, 9.17) is 0 Å². The summed E-state index contributed by atoms with van der Waals surface area (Å²) in [4.78, 5) is 23.6. The SMILES string of the molecule is O=C1NNC(=O)N2CCC[C@@H]12. The van der Waals surface area contributed by atoms with E-state index in [1.54, 1.807) is 4.90 Å². The number of nitrogens with zero attached hydrogens (tertiary/aromatic N) is 1. The van der Waals surface area contributed by atoms with Crippen molar-refractivity contribution in [3.05, 3.63) is 0 Å². The van der Waals surface area contributed by atoms with Crippen LogP contribution in [-0.4, -0.2) is 29.4 Å². The summed E-state index contributed by atoms with van der Waals surface area (Å²) >= 11 is 0. The largest absolute Gasteiger partial charge is 0.336 e. The molecule has 0 aromatic heterocycles. The summed E-state index contributed by atoms with van der Waals surface area (Å²) in [5.41, 5.74) is 4.61. The lowest BCUT2D eigenvalue weighted by atomic mass is 10.2. The standard InChI is InChI=1S/C6H9N3O2/c10-5-4-2-1-3-9(4)6(11)8-7-5/h4H,1-3H2,(H,7,10)(H,8,11)/t4-/m0/s1. The Morgan fingerprint density at radius 1 is 1.36 bits per heavy atom. The van der Waals surface area contributed by atoms with Gasteiger partial charge in [-0.3, -0.25) is 10.2 Å². The fourth-order valence-corrected chi connectivity index (χ4v) is 1.55. The van der Waals surface area contributed by atoms with Crippen LogP contribution < -0.4 is 10.9 Å². The number of hydrogen-bond acceptors (Lipinski definition) is 2. The Labute approximate surface area is 63.7 Å². The summed E-state index contributed by atoms with van der Waals surface area (Å²) in [5.74, 6) is -0.0953. The molecular formula is C6H9N3O2. The normalized spacial score (nSPS) is 29.5. The van der Waals surface area contributed by atoms with Gasteiger partial charge in [-0.05, 0) is 12.8 Å². The zero-order chi connectivity index (χ0) is 7.84. The van der Waals surface area contributed by atoms with Crippen molar-refractivity contribution in [2.75, 3.05) is 6.54 Å². The van der Waals surface area contributed by atoms with Gasteiger partial charge in [0.25, 0.3) is 5.91 Å². The number of fused-ring (bicyclic) bond motifs is 1. The molecule has 2 aliphatic heterocycles. The van der Waals surface area contributed by atoms with Crippen molar-refractivity contribution in [3.8, 4) is 0 Å². The van der Waals surface area contributed by atoms with Crippen molar-refractivity contribution in [2.24, 2.45) is 0 Å². The second kappa shape index (κ2) is 2.11. The summed E-state index contributed by atoms with van der Waals surface area (Å²) in [6, 6.07) is -0.407. The van der Waals surface area contributed by atoms with Crippen LogP contribution in [0, 0.1) is 0 Å². The molecule has 0 aliphatic carbocycles. The van der Waals surface area contributed by atoms with Crippen molar-refractivity contribution < 1.29 is 9.59 Å². The quantitative estimate of drug-likeness (QED) is 0.481. The lowest BCUT2D eigenvalue weighted by molar-refractivity contribution is -0.127. The van der Waals surface area contributed by atoms with Gasteiger partial charge in [0.05, 0.1) is 0 Å². The van der Waals surface area contributed by atoms with Gasteiger partial charge in [0, 0.05) is 6.54 Å². The minimum absolute atomic E-state index is 0.0953. The van der Waals surface area contributed by atoms with Gasteiger partial charge in [0.2, 0.25) is 0 Å². The predicted molar refractivity (Wildman–Crippen MR) is 36.4 cm³/mol. The molecule has 60 valence electrons. The van der Waals surface area contributed by atoms with Gasteiger partial charge in [-0.1, -0.05) is 0 Å². The van der Waals surface area contributed by atoms with Crippen LogP contribution >= 0.6 is 0 Å². The topological polar surface area (TPSA) is 61.4 Å². The van der Waals surface area contributed by atoms with Gasteiger partial charge in [-0.15, -0.1) is 0 Å². The second-order valence-corrected chi connectivity index (χ2v) is 2.77. The highest BCUT2D eigenvalue weighted by Crippen LogP contribution is 2.18. The average Bonchev–Trinajstić information content (AvgIpc) is 2.45. The smallest absolute Gasteiger partial charge is 0.311 e. The number of carbonyl (C=O) groups is 2. The van der Waals surface area contributed by atoms with Gasteiger partial charge in [0.1, 0.15) is 6.04 Å². The van der Waals surface area contributed by atoms with Crippen LogP contribution in [0.5, 0.6) is 0 Å². The van der Waals surface area contributed by atoms with Crippen LogP contribution in [-0.2, 0) is 4.79 Å². The molecule has 0 bridgehead atoms. The molecule has 0 radical (unpaired) electrons. The summed E-state index contributed by atoms with van der Waals surface area (Å²) in [5, 5.41) is 0. The number of nitrogens with one attached hydrogen (secondary N) is 2. The third-order valence-corrected chi connectivity index (χ3v) is 2.11. The van der Waals surface area contributed by atoms with Crippen molar-refractivity contribution in [1.29, 1.82) is 0 Å². The van der Waals surface area contributed by atoms with Crippen LogP contribution in [0.4, 0.5) is 4.79 Å². The Morgan fingerprint density at radius 3 is 2.91 bits per heavy atom. The highest BCUT2D eigenvalue weighted by Gasteiger charge is 2.37. The molecule has 0 unspecified atom stereocenters. The summed E-state index contributed by atoms with van der Waals surface area (Å²) < 4.78 is 0. The number of carbonyl (C=O) groups excluding carboxylic acids is 2. The number of amides is 3. The van der Waals surface area contributed by atoms with Crippen LogP contribution in [0.3, 0.4) is 0 Å². The molecule has 0 saturated carbocycles. The van der Waals surface area contributed by atoms with E-state index in [2.05, 4.69) is 10.9 Å². The average molecular weight is 155 g/mol. The molecule has 2 fully saturated rings. The highest BCUT2D eigenvalue weighted by atomic mass is 16.2. The minimum Gasteiger partial charge on any atom is -0.311 e. The molecule has 0 aromatic rings. The molecule has 5 heteroatoms. The molecule has 2 heterocycles. The zero-order valence-corrected chi connectivity index (χ0v) is 5.96. The molecule has 1 atom stereocenters. The molecule has 2 saturated heterocycles. The fraction of sp³-hybridized carbons (Fsp3) is 0.667. The third kappa shape index (κ3) is 0.840. The van der Waals surface area contributed by atoms with Crippen LogP contribution in [0.25, 0.3) is 0 Å². The fourth-order valence-electron chi connectivity index (χ4n) is 1.55. The van der Waals surface area contributed by atoms with Gasteiger partial charge >= 0.3 is 6.03 Å². The third-order valence-electron chi connectivity index (χ3n) is 2.11. The first-order valence-electron chi connectivity index (χ1n) is 3.65. The minimum atomic E-state index is -0.219. The van der Waals surface area contributed by atoms with Gasteiger partial charge in [-0.25, -0.2) is 10.2 Å². The van der Waals surface area contributed by atoms with Crippen molar-refractivity contribution >= 4 is 11.9 Å². The zero-order valence-electron chi connectivity index (χ0n) is 5.96. The first-order chi connectivity index (χ1) is 5.29. The number of hydrazine groups is 1. The summed E-state index contributed by atoms with van der Waals surface area (Å²) in [6.07, 6.45) is 1.71. The molecule has 3 amide bonds. The molecule has 2 aliphatic rings. The van der Waals surface area contributed by atoms with E-state index >= 15 is 0 Å². The van der Waals surface area contributed by atoms with E-state index in [0.717, 1.165) is 12.8 Å². The van der Waals surface area contributed by atoms with Crippen molar-refractivity contribution in [2.45, 2.75) is 18.9 Å². The molecule has 5 nitrogen and oxygen atoms in total. The summed E-state index contributed by atoms with van der Waals surface area (Å²) in [7, 11) is 0. The Balaban J connectivity index is 2.20. The molecule has 11 heavy (non-hydrogen) atoms. The van der Waals surface area contributed by atoms with Crippen molar-refractivity contribution in [3.63, 3.8) is 0 Å². The first kappa shape index (κ1) is 6.45. The van der Waals surface area contributed by atoms with Crippen LogP contribution in [0.2, 0.25) is 0 Å². The second-order valence-electron chi connectivity index (χ2n) is 2.77. The van der Waals surface area contributed by atoms with Crippen molar-refractivity contribution in [1.82, 2.24) is 15.8 Å². The summed E-state index contributed by atoms with van der Waals surface area (Å²) in [6.45, 7) is 0.698. The van der Waals surface area contributed by atoms with Gasteiger partial charge < -0.3 is 4.90 Å². The van der Waals surface area contributed by atoms with Crippen LogP contribution in [0.1, 0.15) is 12.8 Å². The van der Waals surface area contributed by atoms with E-state index in [1.165, 1.54) is 0 Å². The molecule has 2 N–H and O–H groups in total. The first-order valence-corrected chi connectivity index (χ1v) is 3.65. The Bertz CT molecular complexity index is 194. The Hall–Kier alpha value is -1.26. The maximum Gasteiger partial charge on any atom is 0.336 e. The molecular weight excluding hydrogens is 146 g/mol. The van der Waals surface area contributed by atoms with E-state index < -0.39 is 0 Å². The van der Waals surface area contributed by atoms with Crippen LogP contribution in [0.15, 0.2) is 0 Å². The lowest BCUT2D eigenvalue weighted by Gasteiger charge is -2.29. The molecule has 0 spiro atoms. The number of rotatable bonds is 0. The highest BCUT2D eigenvalue weighted by molar-refractivity contribution is 5.92.